The number of alkyl halides is 8. The standard InChI is InChI=1S/C23H24F8N8O3/c24-21(25)3-1-12(2-4-21)17(36-19(40)18(37-42)13(32)6-22(26,27)28)14-9-39-16(34-14)5-11(7-33-39)8-38-10-15(23(29,30)31)35-20(38)41/h5,7,9,12,15,17,32,42H,1-4,6,8,10H2,(H,35,41)(H,36,40)/p+1/b32-13?,37-18+/t15-,17-/m0/s1. The molecule has 2 aromatic rings. The highest BCUT2D eigenvalue weighted by atomic mass is 19.4. The summed E-state index contributed by atoms with van der Waals surface area (Å²) in [4.78, 5) is 30.1. The van der Waals surface area contributed by atoms with Crippen LogP contribution >= 0.6 is 0 Å². The summed E-state index contributed by atoms with van der Waals surface area (Å²) in [6.07, 6.45) is -9.85. The van der Waals surface area contributed by atoms with Crippen molar-refractivity contribution >= 4 is 29.0 Å². The van der Waals surface area contributed by atoms with Gasteiger partial charge < -0.3 is 20.7 Å². The molecule has 2 aromatic heterocycles. The molecule has 1 saturated heterocycles. The zero-order valence-electron chi connectivity index (χ0n) is 21.5. The van der Waals surface area contributed by atoms with Gasteiger partial charge in [-0.3, -0.25) is 10.2 Å². The third-order valence-corrected chi connectivity index (χ3v) is 7.00. The van der Waals surface area contributed by atoms with Gasteiger partial charge in [0.05, 0.1) is 30.7 Å². The van der Waals surface area contributed by atoms with Gasteiger partial charge in [0.25, 0.3) is 5.91 Å². The molecule has 0 radical (unpaired) electrons. The summed E-state index contributed by atoms with van der Waals surface area (Å²) in [5.41, 5.74) is -1.68. The second-order valence-corrected chi connectivity index (χ2v) is 10.2. The van der Waals surface area contributed by atoms with Crippen molar-refractivity contribution in [3.05, 3.63) is 29.7 Å². The maximum absolute atomic E-state index is 13.9. The monoisotopic (exact) mass is 613 g/mol. The van der Waals surface area contributed by atoms with Crippen LogP contribution in [0.3, 0.4) is 0 Å². The van der Waals surface area contributed by atoms with E-state index in [-0.39, 0.29) is 30.7 Å². The molecule has 3 amide bonds. The molecule has 0 unspecified atom stereocenters. The fourth-order valence-electron chi connectivity index (χ4n) is 4.90. The van der Waals surface area contributed by atoms with Crippen LogP contribution < -0.4 is 16.0 Å². The Balaban J connectivity index is 1.58. The molecule has 2 fully saturated rings. The van der Waals surface area contributed by atoms with E-state index in [2.05, 4.69) is 20.6 Å². The van der Waals surface area contributed by atoms with E-state index in [0.717, 1.165) is 4.90 Å². The highest BCUT2D eigenvalue weighted by Gasteiger charge is 2.47. The van der Waals surface area contributed by atoms with Gasteiger partial charge in [0.2, 0.25) is 17.3 Å². The molecule has 19 heteroatoms. The second kappa shape index (κ2) is 11.3. The largest absolute Gasteiger partial charge is 0.410 e. The Bertz CT molecular complexity index is 1380. The normalized spacial score (nSPS) is 21.0. The number of nitrogens with one attached hydrogen (secondary N) is 2. The zero-order chi connectivity index (χ0) is 31.0. The molecule has 2 atom stereocenters. The maximum atomic E-state index is 13.9. The molecule has 1 aliphatic carbocycles. The first-order valence-electron chi connectivity index (χ1n) is 12.5. The highest BCUT2D eigenvalue weighted by molar-refractivity contribution is 6.65. The molecular formula is C23H25F8N8O3+. The Morgan fingerprint density at radius 2 is 1.90 bits per heavy atom. The van der Waals surface area contributed by atoms with Gasteiger partial charge in [-0.1, -0.05) is 5.16 Å². The first-order chi connectivity index (χ1) is 19.5. The van der Waals surface area contributed by atoms with Crippen molar-refractivity contribution in [1.29, 1.82) is 0 Å². The molecule has 42 heavy (non-hydrogen) atoms. The van der Waals surface area contributed by atoms with E-state index in [9.17, 15) is 49.9 Å². The number of carbonyl (C=O) groups excluding carboxylic acids is 2. The van der Waals surface area contributed by atoms with Crippen LogP contribution in [0.2, 0.25) is 0 Å². The molecule has 0 aromatic carbocycles. The second-order valence-electron chi connectivity index (χ2n) is 10.2. The Morgan fingerprint density at radius 3 is 2.48 bits per heavy atom. The van der Waals surface area contributed by atoms with Crippen LogP contribution in [0.4, 0.5) is 39.9 Å². The summed E-state index contributed by atoms with van der Waals surface area (Å²) in [6.45, 7) is -0.872. The van der Waals surface area contributed by atoms with E-state index in [1.807, 2.05) is 5.32 Å². The molecule has 1 aliphatic heterocycles. The average molecular weight is 613 g/mol. The minimum absolute atomic E-state index is 0.0750. The number of amides is 3. The SMILES string of the molecule is [NH2+]=C(CC(F)(F)F)/C(=N\O)C(=O)N[C@H](c1cn2ncc(CN3C[C@@H](C(F)(F)F)NC3=O)cc2n1)C1CCC(F)(F)CC1. The van der Waals surface area contributed by atoms with Gasteiger partial charge in [0.1, 0.15) is 12.5 Å². The van der Waals surface area contributed by atoms with Gasteiger partial charge in [-0.25, -0.2) is 23.1 Å². The summed E-state index contributed by atoms with van der Waals surface area (Å²) in [5.74, 6) is -4.91. The predicted octanol–water partition coefficient (Wildman–Crippen LogP) is 2.15. The quantitative estimate of drug-likeness (QED) is 0.156. The number of urea groups is 1. The lowest BCUT2D eigenvalue weighted by Gasteiger charge is -2.33. The van der Waals surface area contributed by atoms with Crippen LogP contribution in [0.5, 0.6) is 0 Å². The topological polar surface area (TPSA) is 150 Å². The molecule has 1 saturated carbocycles. The van der Waals surface area contributed by atoms with Crippen LogP contribution in [0.1, 0.15) is 49.4 Å². The number of nitrogens with zero attached hydrogens (tertiary/aromatic N) is 5. The predicted molar refractivity (Wildman–Crippen MR) is 126 cm³/mol. The van der Waals surface area contributed by atoms with Gasteiger partial charge in [0.15, 0.2) is 5.65 Å². The van der Waals surface area contributed by atoms with Gasteiger partial charge in [-0.15, -0.1) is 0 Å². The van der Waals surface area contributed by atoms with Crippen LogP contribution in [-0.4, -0.2) is 78.9 Å². The minimum atomic E-state index is -4.82. The molecule has 230 valence electrons. The summed E-state index contributed by atoms with van der Waals surface area (Å²) >= 11 is 0. The molecular weight excluding hydrogens is 588 g/mol. The van der Waals surface area contributed by atoms with E-state index < -0.39 is 85.4 Å². The molecule has 3 heterocycles. The van der Waals surface area contributed by atoms with Gasteiger partial charge >= 0.3 is 18.4 Å². The maximum Gasteiger partial charge on any atom is 0.410 e. The van der Waals surface area contributed by atoms with E-state index >= 15 is 0 Å². The third-order valence-electron chi connectivity index (χ3n) is 7.00. The van der Waals surface area contributed by atoms with Crippen molar-refractivity contribution in [3.8, 4) is 0 Å². The highest BCUT2D eigenvalue weighted by Crippen LogP contribution is 2.41. The summed E-state index contributed by atoms with van der Waals surface area (Å²) in [7, 11) is 0. The van der Waals surface area contributed by atoms with E-state index in [1.54, 1.807) is 0 Å². The minimum Gasteiger partial charge on any atom is -0.410 e. The summed E-state index contributed by atoms with van der Waals surface area (Å²) in [5, 5.41) is 25.5. The lowest BCUT2D eigenvalue weighted by molar-refractivity contribution is -0.150. The molecule has 0 bridgehead atoms. The van der Waals surface area contributed by atoms with Crippen molar-refractivity contribution in [1.82, 2.24) is 30.1 Å². The number of halogens is 8. The number of oxime groups is 1. The van der Waals surface area contributed by atoms with Crippen molar-refractivity contribution in [2.24, 2.45) is 11.1 Å². The van der Waals surface area contributed by atoms with Gasteiger partial charge in [0, 0.05) is 19.4 Å². The lowest BCUT2D eigenvalue weighted by atomic mass is 9.81. The van der Waals surface area contributed by atoms with E-state index in [0.29, 0.717) is 5.56 Å². The average Bonchev–Trinajstić information content (AvgIpc) is 3.45. The van der Waals surface area contributed by atoms with Crippen molar-refractivity contribution in [3.63, 3.8) is 0 Å². The van der Waals surface area contributed by atoms with Gasteiger partial charge in [-0.05, 0) is 30.4 Å². The Hall–Kier alpha value is -4.06. The number of fused-ring (bicyclic) bond motifs is 1. The van der Waals surface area contributed by atoms with E-state index in [1.165, 1.54) is 23.0 Å². The third kappa shape index (κ3) is 7.22. The number of aromatic nitrogens is 3. The first-order valence-corrected chi connectivity index (χ1v) is 12.5. The zero-order valence-corrected chi connectivity index (χ0v) is 21.5. The van der Waals surface area contributed by atoms with Crippen LogP contribution in [0, 0.1) is 5.92 Å². The Morgan fingerprint density at radius 1 is 1.24 bits per heavy atom. The fourth-order valence-corrected chi connectivity index (χ4v) is 4.90. The smallest absolute Gasteiger partial charge is 0.410 e. The van der Waals surface area contributed by atoms with Gasteiger partial charge in [-0.2, -0.15) is 31.4 Å². The number of nitrogens with two attached hydrogens (primary N) is 1. The number of rotatable bonds is 8. The molecule has 0 spiro atoms. The summed E-state index contributed by atoms with van der Waals surface area (Å²) < 4.78 is 106. The molecule has 11 nitrogen and oxygen atoms in total. The number of hydrogen-bond acceptors (Lipinski definition) is 6. The molecule has 4 rings (SSSR count). The van der Waals surface area contributed by atoms with Crippen molar-refractivity contribution < 1.29 is 55.3 Å². The van der Waals surface area contributed by atoms with Crippen LogP contribution in [0.25, 0.3) is 5.65 Å². The molecule has 5 N–H and O–H groups in total. The van der Waals surface area contributed by atoms with Crippen molar-refractivity contribution in [2.45, 2.75) is 69.0 Å². The molecule has 2 aliphatic rings. The van der Waals surface area contributed by atoms with Crippen molar-refractivity contribution in [2.75, 3.05) is 6.54 Å². The Kier molecular flexibility index (Phi) is 8.32. The number of carbonyl (C=O) groups is 2. The Labute approximate surface area is 231 Å². The van der Waals surface area contributed by atoms with Crippen LogP contribution in [-0.2, 0) is 11.3 Å². The number of imidazole rings is 1. The van der Waals surface area contributed by atoms with E-state index in [4.69, 9.17) is 5.41 Å². The van der Waals surface area contributed by atoms with Crippen LogP contribution in [0.15, 0.2) is 23.6 Å². The fraction of sp³-hybridized carbons (Fsp3) is 0.565. The lowest BCUT2D eigenvalue weighted by Crippen LogP contribution is -2.52. The number of hydrogen-bond donors (Lipinski definition) is 4. The summed E-state index contributed by atoms with van der Waals surface area (Å²) in [6, 6.07) is -2.71. The first kappa shape index (κ1) is 30.9.